The van der Waals surface area contributed by atoms with Gasteiger partial charge in [0.05, 0.1) is 12.7 Å². The standard InChI is InChI=1S/C17H27NO2.C9H18NO2.C8H9Cl.Na/c1-13-6-8-14(9-7-13)12-20-15-10-16(2,3)18(19)17(4,5)11-15;1-8(2)5-7(11)6-9(3,4)10(8)12;1-7-2-4-8(6-9)5-3-7;/h6-9,15,19H,10-12H2,1-5H3;7,12H,5-6H2,1-4H3;2-5H,6H2,1H3;/q;-1;;+1. The number of alkyl halides is 1. The van der Waals surface area contributed by atoms with Gasteiger partial charge in [-0.15, -0.1) is 17.7 Å². The average molecular weight is 613 g/mol. The molecule has 0 aliphatic carbocycles. The van der Waals surface area contributed by atoms with Gasteiger partial charge in [0.15, 0.2) is 0 Å². The van der Waals surface area contributed by atoms with Crippen molar-refractivity contribution in [2.75, 3.05) is 0 Å². The largest absolute Gasteiger partial charge is 1.00 e. The first kappa shape index (κ1) is 39.5. The zero-order valence-electron chi connectivity index (χ0n) is 28.0. The molecular weight excluding hydrogens is 559 g/mol. The van der Waals surface area contributed by atoms with Crippen LogP contribution in [0.15, 0.2) is 48.5 Å². The summed E-state index contributed by atoms with van der Waals surface area (Å²) < 4.78 is 6.09. The minimum absolute atomic E-state index is 0. The first-order valence-corrected chi connectivity index (χ1v) is 15.3. The van der Waals surface area contributed by atoms with Gasteiger partial charge in [-0.25, -0.2) is 0 Å². The summed E-state index contributed by atoms with van der Waals surface area (Å²) in [4.78, 5) is 0. The minimum Gasteiger partial charge on any atom is -0.852 e. The van der Waals surface area contributed by atoms with Crippen LogP contribution in [0.4, 0.5) is 0 Å². The van der Waals surface area contributed by atoms with Crippen molar-refractivity contribution in [2.24, 2.45) is 0 Å². The predicted molar refractivity (Wildman–Crippen MR) is 166 cm³/mol. The fourth-order valence-corrected chi connectivity index (χ4v) is 6.23. The van der Waals surface area contributed by atoms with E-state index in [9.17, 15) is 15.5 Å². The van der Waals surface area contributed by atoms with Gasteiger partial charge in [0.25, 0.3) is 0 Å². The first-order valence-electron chi connectivity index (χ1n) is 14.7. The maximum absolute atomic E-state index is 11.4. The Balaban J connectivity index is 0.000000342. The molecule has 42 heavy (non-hydrogen) atoms. The second-order valence-electron chi connectivity index (χ2n) is 14.3. The molecule has 2 aromatic carbocycles. The fourth-order valence-electron chi connectivity index (χ4n) is 6.05. The molecule has 0 unspecified atom stereocenters. The average Bonchev–Trinajstić information content (AvgIpc) is 2.86. The molecule has 2 fully saturated rings. The van der Waals surface area contributed by atoms with Gasteiger partial charge >= 0.3 is 29.6 Å². The van der Waals surface area contributed by atoms with Crippen LogP contribution in [0.5, 0.6) is 0 Å². The van der Waals surface area contributed by atoms with Gasteiger partial charge in [0.2, 0.25) is 0 Å². The summed E-state index contributed by atoms with van der Waals surface area (Å²) in [5, 5.41) is 34.3. The van der Waals surface area contributed by atoms with Crippen molar-refractivity contribution in [3.63, 3.8) is 0 Å². The number of hydrogen-bond acceptors (Lipinski definition) is 6. The van der Waals surface area contributed by atoms with E-state index in [-0.39, 0.29) is 57.8 Å². The number of ether oxygens (including phenoxy) is 1. The Kier molecular flexibility index (Phi) is 15.2. The molecule has 232 valence electrons. The van der Waals surface area contributed by atoms with E-state index < -0.39 is 6.10 Å². The summed E-state index contributed by atoms with van der Waals surface area (Å²) in [6, 6.07) is 16.7. The molecule has 2 saturated heterocycles. The number of benzene rings is 2. The number of hydroxylamine groups is 4. The van der Waals surface area contributed by atoms with Crippen LogP contribution in [0.1, 0.15) is 103 Å². The van der Waals surface area contributed by atoms with E-state index in [2.05, 4.69) is 77.9 Å². The van der Waals surface area contributed by atoms with Crippen molar-refractivity contribution in [1.82, 2.24) is 10.1 Å². The van der Waals surface area contributed by atoms with Crippen LogP contribution in [0.2, 0.25) is 0 Å². The molecule has 2 aliphatic rings. The van der Waals surface area contributed by atoms with Crippen LogP contribution < -0.4 is 34.7 Å². The molecule has 0 spiro atoms. The molecule has 2 aliphatic heterocycles. The third-order valence-electron chi connectivity index (χ3n) is 8.08. The molecule has 2 N–H and O–H groups in total. The monoisotopic (exact) mass is 612 g/mol. The van der Waals surface area contributed by atoms with Crippen molar-refractivity contribution in [3.05, 3.63) is 70.8 Å². The van der Waals surface area contributed by atoms with E-state index in [0.29, 0.717) is 25.3 Å². The molecule has 6 nitrogen and oxygen atoms in total. The first-order chi connectivity index (χ1) is 18.8. The number of aryl methyl sites for hydroxylation is 2. The van der Waals surface area contributed by atoms with Crippen LogP contribution in [0, 0.1) is 13.8 Å². The van der Waals surface area contributed by atoms with Crippen molar-refractivity contribution in [3.8, 4) is 0 Å². The van der Waals surface area contributed by atoms with Crippen LogP contribution in [0.3, 0.4) is 0 Å². The predicted octanol–water partition coefficient (Wildman–Crippen LogP) is 4.42. The summed E-state index contributed by atoms with van der Waals surface area (Å²) in [7, 11) is 0. The van der Waals surface area contributed by atoms with Crippen LogP contribution in [-0.4, -0.2) is 54.9 Å². The number of nitrogens with zero attached hydrogens (tertiary/aromatic N) is 2. The molecular formula is C34H54ClN2NaO4. The smallest absolute Gasteiger partial charge is 0.852 e. The van der Waals surface area contributed by atoms with Crippen molar-refractivity contribution >= 4 is 11.6 Å². The molecule has 4 rings (SSSR count). The summed E-state index contributed by atoms with van der Waals surface area (Å²) >= 11 is 5.58. The van der Waals surface area contributed by atoms with Crippen molar-refractivity contribution < 1.29 is 49.8 Å². The molecule has 8 heteroatoms. The van der Waals surface area contributed by atoms with E-state index in [0.717, 1.165) is 12.8 Å². The van der Waals surface area contributed by atoms with E-state index in [4.69, 9.17) is 16.3 Å². The molecule has 2 heterocycles. The molecule has 0 bridgehead atoms. The zero-order chi connectivity index (χ0) is 31.2. The molecule has 0 radical (unpaired) electrons. The molecule has 0 amide bonds. The number of piperidine rings is 2. The SMILES string of the molecule is CC1(C)CC([O-])CC(C)(C)N1O.Cc1ccc(CCl)cc1.Cc1ccc(COC2CC(C)(C)N(O)C(C)(C)C2)cc1.[Na+]. The summed E-state index contributed by atoms with van der Waals surface area (Å²) in [5.74, 6) is 0.611. The third-order valence-corrected chi connectivity index (χ3v) is 8.39. The van der Waals surface area contributed by atoms with E-state index in [1.54, 1.807) is 0 Å². The van der Waals surface area contributed by atoms with Gasteiger partial charge in [-0.3, -0.25) is 0 Å². The summed E-state index contributed by atoms with van der Waals surface area (Å²) in [6.07, 6.45) is 2.38. The Labute approximate surface area is 282 Å². The van der Waals surface area contributed by atoms with Crippen molar-refractivity contribution in [2.45, 2.75) is 142 Å². The Morgan fingerprint density at radius 1 is 0.690 bits per heavy atom. The Bertz CT molecular complexity index is 1040. The van der Waals surface area contributed by atoms with Gasteiger partial charge in [-0.1, -0.05) is 59.7 Å². The van der Waals surface area contributed by atoms with Crippen LogP contribution in [0.25, 0.3) is 0 Å². The van der Waals surface area contributed by atoms with Gasteiger partial charge < -0.3 is 20.3 Å². The van der Waals surface area contributed by atoms with E-state index >= 15 is 0 Å². The molecule has 0 saturated carbocycles. The van der Waals surface area contributed by atoms with Gasteiger partial charge in [0.1, 0.15) is 0 Å². The van der Waals surface area contributed by atoms with Crippen LogP contribution in [-0.2, 0) is 17.2 Å². The van der Waals surface area contributed by atoms with Gasteiger partial charge in [0, 0.05) is 28.0 Å². The van der Waals surface area contributed by atoms with Crippen LogP contribution >= 0.6 is 11.6 Å². The summed E-state index contributed by atoms with van der Waals surface area (Å²) in [6.45, 7) is 20.7. The Morgan fingerprint density at radius 3 is 1.38 bits per heavy atom. The number of hydrogen-bond donors (Lipinski definition) is 2. The molecule has 2 aromatic rings. The van der Waals surface area contributed by atoms with Gasteiger partial charge in [-0.2, -0.15) is 10.1 Å². The van der Waals surface area contributed by atoms with E-state index in [1.165, 1.54) is 32.4 Å². The molecule has 0 aromatic heterocycles. The normalized spacial score (nSPS) is 21.7. The second kappa shape index (κ2) is 16.2. The van der Waals surface area contributed by atoms with Crippen molar-refractivity contribution in [1.29, 1.82) is 0 Å². The quantitative estimate of drug-likeness (QED) is 0.393. The maximum Gasteiger partial charge on any atom is 1.00 e. The van der Waals surface area contributed by atoms with Gasteiger partial charge in [-0.05, 0) is 106 Å². The number of rotatable bonds is 4. The second-order valence-corrected chi connectivity index (χ2v) is 14.6. The summed E-state index contributed by atoms with van der Waals surface area (Å²) in [5.41, 5.74) is 3.68. The zero-order valence-corrected chi connectivity index (χ0v) is 30.8. The number of halogens is 1. The maximum atomic E-state index is 11.4. The topological polar surface area (TPSA) is 79.2 Å². The fraction of sp³-hybridized carbons (Fsp3) is 0.647. The third kappa shape index (κ3) is 11.8. The minimum atomic E-state index is -0.543. The van der Waals surface area contributed by atoms with E-state index in [1.807, 2.05) is 39.8 Å². The Hall–Kier alpha value is -0.510. The Morgan fingerprint density at radius 2 is 1.02 bits per heavy atom. The molecule has 0 atom stereocenters.